The summed E-state index contributed by atoms with van der Waals surface area (Å²) in [6.45, 7) is 4.31. The summed E-state index contributed by atoms with van der Waals surface area (Å²) in [6, 6.07) is 3.92. The highest BCUT2D eigenvalue weighted by Gasteiger charge is 2.28. The topological polar surface area (TPSA) is 127 Å². The lowest BCUT2D eigenvalue weighted by molar-refractivity contribution is -0.386. The van der Waals surface area contributed by atoms with Gasteiger partial charge in [0.05, 0.1) is 4.92 Å². The predicted molar refractivity (Wildman–Crippen MR) is 80.2 cm³/mol. The van der Waals surface area contributed by atoms with Gasteiger partial charge < -0.3 is 5.43 Å². The van der Waals surface area contributed by atoms with E-state index in [4.69, 9.17) is 5.84 Å². The lowest BCUT2D eigenvalue weighted by Gasteiger charge is -2.10. The molecule has 0 fully saturated rings. The van der Waals surface area contributed by atoms with Crippen LogP contribution in [0.1, 0.15) is 26.7 Å². The fourth-order valence-electron chi connectivity index (χ4n) is 1.84. The van der Waals surface area contributed by atoms with Crippen LogP contribution in [0.4, 0.5) is 11.4 Å². The Bertz CT molecular complexity index is 601. The number of rotatable bonds is 8. The largest absolute Gasteiger partial charge is 0.318 e. The van der Waals surface area contributed by atoms with Gasteiger partial charge in [-0.25, -0.2) is 13.1 Å². The van der Waals surface area contributed by atoms with Gasteiger partial charge in [-0.1, -0.05) is 19.9 Å². The average Bonchev–Trinajstić information content (AvgIpc) is 2.42. The van der Waals surface area contributed by atoms with Gasteiger partial charge in [0.2, 0.25) is 10.0 Å². The van der Waals surface area contributed by atoms with E-state index in [-0.39, 0.29) is 12.2 Å². The lowest BCUT2D eigenvalue weighted by atomic mass is 10.1. The quantitative estimate of drug-likeness (QED) is 0.289. The van der Waals surface area contributed by atoms with Crippen LogP contribution in [-0.2, 0) is 10.0 Å². The molecule has 0 bridgehead atoms. The molecule has 0 saturated carbocycles. The second-order valence-corrected chi connectivity index (χ2v) is 6.72. The zero-order valence-electron chi connectivity index (χ0n) is 12.0. The number of anilines is 1. The third-order valence-electron chi connectivity index (χ3n) is 2.88. The normalized spacial score (nSPS) is 11.6. The minimum atomic E-state index is -3.95. The van der Waals surface area contributed by atoms with Gasteiger partial charge in [-0.05, 0) is 30.9 Å². The molecule has 0 aliphatic rings. The molecular formula is C12H20N4O4S. The molecule has 9 heteroatoms. The van der Waals surface area contributed by atoms with Crippen molar-refractivity contribution in [2.45, 2.75) is 31.6 Å². The highest BCUT2D eigenvalue weighted by atomic mass is 32.2. The molecule has 1 aromatic carbocycles. The van der Waals surface area contributed by atoms with Crippen LogP contribution in [0.3, 0.4) is 0 Å². The number of nitrogens with one attached hydrogen (secondary N) is 2. The Morgan fingerprint density at radius 3 is 2.57 bits per heavy atom. The van der Waals surface area contributed by atoms with Crippen LogP contribution in [0.25, 0.3) is 0 Å². The molecular weight excluding hydrogens is 296 g/mol. The first-order chi connectivity index (χ1) is 9.79. The van der Waals surface area contributed by atoms with Crippen LogP contribution in [-0.4, -0.2) is 19.9 Å². The monoisotopic (exact) mass is 316 g/mol. The van der Waals surface area contributed by atoms with Crippen molar-refractivity contribution in [1.82, 2.24) is 4.72 Å². The molecule has 0 atom stereocenters. The minimum Gasteiger partial charge on any atom is -0.318 e. The number of nitrogens with zero attached hydrogens (tertiary/aromatic N) is 1. The van der Waals surface area contributed by atoms with E-state index >= 15 is 0 Å². The SMILES string of the molecule is CC(C)CCCNS(=O)(=O)c1cccc(NN)c1[N+](=O)[O-]. The van der Waals surface area contributed by atoms with Crippen LogP contribution in [0, 0.1) is 16.0 Å². The minimum absolute atomic E-state index is 0.0509. The van der Waals surface area contributed by atoms with E-state index in [0.29, 0.717) is 12.3 Å². The molecule has 0 saturated heterocycles. The van der Waals surface area contributed by atoms with Crippen LogP contribution < -0.4 is 16.0 Å². The van der Waals surface area contributed by atoms with Gasteiger partial charge >= 0.3 is 5.69 Å². The molecule has 4 N–H and O–H groups in total. The number of nitrogens with two attached hydrogens (primary N) is 1. The first-order valence-electron chi connectivity index (χ1n) is 6.53. The Kier molecular flexibility index (Phi) is 6.06. The third kappa shape index (κ3) is 4.66. The number of para-hydroxylation sites is 1. The maximum Gasteiger partial charge on any atom is 0.313 e. The Labute approximate surface area is 123 Å². The van der Waals surface area contributed by atoms with E-state index in [9.17, 15) is 18.5 Å². The van der Waals surface area contributed by atoms with Gasteiger partial charge in [-0.15, -0.1) is 0 Å². The van der Waals surface area contributed by atoms with Gasteiger partial charge in [-0.3, -0.25) is 16.0 Å². The van der Waals surface area contributed by atoms with Crippen molar-refractivity contribution >= 4 is 21.4 Å². The molecule has 0 aromatic heterocycles. The summed E-state index contributed by atoms with van der Waals surface area (Å²) in [4.78, 5) is 9.92. The van der Waals surface area contributed by atoms with Crippen molar-refractivity contribution < 1.29 is 13.3 Å². The number of hydrazine groups is 1. The number of nitrogen functional groups attached to an aromatic ring is 1. The number of hydrogen-bond donors (Lipinski definition) is 3. The van der Waals surface area contributed by atoms with E-state index in [1.54, 1.807) is 0 Å². The lowest BCUT2D eigenvalue weighted by Crippen LogP contribution is -2.26. The predicted octanol–water partition coefficient (Wildman–Crippen LogP) is 1.59. The number of benzene rings is 1. The van der Waals surface area contributed by atoms with Crippen molar-refractivity contribution in [3.8, 4) is 0 Å². The van der Waals surface area contributed by atoms with Crippen LogP contribution >= 0.6 is 0 Å². The average molecular weight is 316 g/mol. The molecule has 8 nitrogen and oxygen atoms in total. The zero-order valence-corrected chi connectivity index (χ0v) is 12.8. The first-order valence-corrected chi connectivity index (χ1v) is 8.01. The van der Waals surface area contributed by atoms with Crippen molar-refractivity contribution in [3.63, 3.8) is 0 Å². The number of nitro benzene ring substituents is 1. The molecule has 0 amide bonds. The van der Waals surface area contributed by atoms with Gasteiger partial charge in [0.15, 0.2) is 4.90 Å². The highest BCUT2D eigenvalue weighted by molar-refractivity contribution is 7.89. The maximum atomic E-state index is 12.2. The Morgan fingerprint density at radius 2 is 2.05 bits per heavy atom. The Morgan fingerprint density at radius 1 is 1.38 bits per heavy atom. The summed E-state index contributed by atoms with van der Waals surface area (Å²) < 4.78 is 26.7. The van der Waals surface area contributed by atoms with E-state index in [1.807, 2.05) is 13.8 Å². The van der Waals surface area contributed by atoms with Gasteiger partial charge in [0.25, 0.3) is 0 Å². The summed E-state index contributed by atoms with van der Waals surface area (Å²) in [7, 11) is -3.95. The van der Waals surface area contributed by atoms with Gasteiger partial charge in [0, 0.05) is 6.54 Å². The first kappa shape index (κ1) is 17.3. The second kappa shape index (κ2) is 7.34. The second-order valence-electron chi connectivity index (χ2n) is 4.99. The smallest absolute Gasteiger partial charge is 0.313 e. The van der Waals surface area contributed by atoms with Crippen LogP contribution in [0.5, 0.6) is 0 Å². The molecule has 0 spiro atoms. The molecule has 1 rings (SSSR count). The molecule has 0 heterocycles. The molecule has 0 radical (unpaired) electrons. The van der Waals surface area contributed by atoms with E-state index in [0.717, 1.165) is 6.42 Å². The highest BCUT2D eigenvalue weighted by Crippen LogP contribution is 2.31. The van der Waals surface area contributed by atoms with Gasteiger partial charge in [0.1, 0.15) is 5.69 Å². The van der Waals surface area contributed by atoms with Crippen molar-refractivity contribution in [1.29, 1.82) is 0 Å². The molecule has 118 valence electrons. The Hall–Kier alpha value is -1.71. The zero-order chi connectivity index (χ0) is 16.0. The molecule has 0 unspecified atom stereocenters. The summed E-state index contributed by atoms with van der Waals surface area (Å²) in [6.07, 6.45) is 1.54. The Balaban J connectivity index is 3.00. The van der Waals surface area contributed by atoms with Crippen LogP contribution in [0.15, 0.2) is 23.1 Å². The van der Waals surface area contributed by atoms with Crippen molar-refractivity contribution in [2.24, 2.45) is 11.8 Å². The van der Waals surface area contributed by atoms with Crippen molar-refractivity contribution in [2.75, 3.05) is 12.0 Å². The van der Waals surface area contributed by atoms with Crippen molar-refractivity contribution in [3.05, 3.63) is 28.3 Å². The number of sulfonamides is 1. The van der Waals surface area contributed by atoms with E-state index in [2.05, 4.69) is 10.1 Å². The molecule has 1 aromatic rings. The molecule has 0 aliphatic heterocycles. The number of nitro groups is 1. The fraction of sp³-hybridized carbons (Fsp3) is 0.500. The standard InChI is InChI=1S/C12H20N4O4S/c1-9(2)5-4-8-14-21(19,20)11-7-3-6-10(15-13)12(11)16(17)18/h3,6-7,9,14-15H,4-5,8,13H2,1-2H3. The van der Waals surface area contributed by atoms with E-state index < -0.39 is 25.5 Å². The fourth-order valence-corrected chi connectivity index (χ4v) is 3.10. The van der Waals surface area contributed by atoms with E-state index in [1.165, 1.54) is 18.2 Å². The summed E-state index contributed by atoms with van der Waals surface area (Å²) in [5.74, 6) is 5.65. The third-order valence-corrected chi connectivity index (χ3v) is 4.37. The molecule has 21 heavy (non-hydrogen) atoms. The summed E-state index contributed by atoms with van der Waals surface area (Å²) in [5, 5.41) is 11.1. The maximum absolute atomic E-state index is 12.2. The van der Waals surface area contributed by atoms with Crippen LogP contribution in [0.2, 0.25) is 0 Å². The molecule has 0 aliphatic carbocycles. The summed E-state index contributed by atoms with van der Waals surface area (Å²) in [5.41, 5.74) is 1.53. The summed E-state index contributed by atoms with van der Waals surface area (Å²) >= 11 is 0. The van der Waals surface area contributed by atoms with Gasteiger partial charge in [-0.2, -0.15) is 0 Å². The number of hydrogen-bond acceptors (Lipinski definition) is 6.